The Labute approximate surface area is 233 Å². The molecule has 3 saturated carbocycles. The molecule has 0 unspecified atom stereocenters. The second-order valence-corrected chi connectivity index (χ2v) is 10.9. The van der Waals surface area contributed by atoms with E-state index in [1.807, 2.05) is 17.0 Å². The van der Waals surface area contributed by atoms with E-state index in [0.29, 0.717) is 48.6 Å². The lowest BCUT2D eigenvalue weighted by Gasteiger charge is -2.41. The van der Waals surface area contributed by atoms with Gasteiger partial charge in [0.2, 0.25) is 5.82 Å². The van der Waals surface area contributed by atoms with Gasteiger partial charge in [-0.3, -0.25) is 4.79 Å². The number of furan rings is 1. The van der Waals surface area contributed by atoms with Crippen molar-refractivity contribution in [2.24, 2.45) is 22.7 Å². The number of aromatic nitrogens is 5. The molecule has 4 aromatic heterocycles. The van der Waals surface area contributed by atoms with Crippen LogP contribution in [0.15, 0.2) is 40.2 Å². The van der Waals surface area contributed by atoms with Crippen molar-refractivity contribution < 1.29 is 18.7 Å². The van der Waals surface area contributed by atoms with Gasteiger partial charge in [-0.15, -0.1) is 0 Å². The molecule has 0 aromatic carbocycles. The maximum Gasteiger partial charge on any atom is 0.312 e. The minimum absolute atomic E-state index is 0.00182. The highest BCUT2D eigenvalue weighted by Gasteiger charge is 2.45. The van der Waals surface area contributed by atoms with Crippen molar-refractivity contribution >= 4 is 52.0 Å². The molecule has 5 heterocycles. The topological polar surface area (TPSA) is 137 Å². The Hall–Kier alpha value is -4.06. The largest absolute Gasteiger partial charge is 0.481 e. The fraction of sp³-hybridized carbons (Fsp3) is 0.407. The van der Waals surface area contributed by atoms with Crippen LogP contribution < -0.4 is 9.80 Å². The van der Waals surface area contributed by atoms with Crippen LogP contribution in [-0.4, -0.2) is 67.9 Å². The van der Waals surface area contributed by atoms with Crippen molar-refractivity contribution in [3.05, 3.63) is 41.8 Å². The van der Waals surface area contributed by atoms with Gasteiger partial charge in [0.1, 0.15) is 10.7 Å². The highest BCUT2D eigenvalue weighted by molar-refractivity contribution is 6.29. The zero-order chi connectivity index (χ0) is 27.4. The quantitative estimate of drug-likeness (QED) is 0.353. The summed E-state index contributed by atoms with van der Waals surface area (Å²) >= 11 is 6.12. The Kier molecular flexibility index (Phi) is 6.14. The number of hydrogen-bond donors (Lipinski definition) is 2. The van der Waals surface area contributed by atoms with Crippen molar-refractivity contribution in [1.82, 2.24) is 24.9 Å². The zero-order valence-corrected chi connectivity index (χ0v) is 22.2. The smallest absolute Gasteiger partial charge is 0.312 e. The van der Waals surface area contributed by atoms with E-state index < -0.39 is 17.7 Å². The third-order valence-corrected chi connectivity index (χ3v) is 8.47. The van der Waals surface area contributed by atoms with E-state index in [2.05, 4.69) is 34.8 Å². The average molecular weight is 565 g/mol. The van der Waals surface area contributed by atoms with E-state index in [1.54, 1.807) is 12.5 Å². The molecule has 1 aliphatic heterocycles. The van der Waals surface area contributed by atoms with Gasteiger partial charge in [-0.2, -0.15) is 4.39 Å². The van der Waals surface area contributed by atoms with Crippen LogP contribution in [0.1, 0.15) is 25.7 Å². The molecule has 1 saturated heterocycles. The number of nitrogens with one attached hydrogen (secondary N) is 1. The second kappa shape index (κ2) is 9.84. The van der Waals surface area contributed by atoms with E-state index in [1.165, 1.54) is 6.20 Å². The van der Waals surface area contributed by atoms with Gasteiger partial charge in [-0.1, -0.05) is 11.6 Å². The number of aliphatic carboxylic acids is 1. The monoisotopic (exact) mass is 564 g/mol. The molecule has 11 nitrogen and oxygen atoms in total. The van der Waals surface area contributed by atoms with Gasteiger partial charge >= 0.3 is 5.97 Å². The number of aromatic amines is 1. The van der Waals surface area contributed by atoms with Crippen LogP contribution in [0.5, 0.6) is 0 Å². The number of piperazine rings is 1. The molecular weight excluding hydrogens is 539 g/mol. The maximum absolute atomic E-state index is 16.2. The van der Waals surface area contributed by atoms with Crippen LogP contribution in [0.4, 0.5) is 21.9 Å². The molecular formula is C27H26ClFN8O3. The standard InChI is InChI=1S/C27H26ClFN8O3/c28-17-13-31-25-22(32-17)16(12-30-25)23-34-24(33-21-15-5-3-14(4-6-15)19(21)27(38)39)20(29)26(35-23)37-9-7-36(8-10-37)18-2-1-11-40-18/h1-2,11-15,19H,3-10H2,(H,30,31)(H,38,39)/t14?,15?,19-/m0/s1. The minimum Gasteiger partial charge on any atom is -0.481 e. The Morgan fingerprint density at radius 3 is 2.62 bits per heavy atom. The van der Waals surface area contributed by atoms with E-state index in [4.69, 9.17) is 16.0 Å². The molecule has 2 bridgehead atoms. The fourth-order valence-corrected chi connectivity index (χ4v) is 6.44. The molecule has 4 aromatic rings. The molecule has 3 aliphatic carbocycles. The molecule has 4 fully saturated rings. The van der Waals surface area contributed by atoms with Gasteiger partial charge in [0.15, 0.2) is 29.0 Å². The van der Waals surface area contributed by atoms with E-state index in [-0.39, 0.29) is 34.4 Å². The van der Waals surface area contributed by atoms with Crippen molar-refractivity contribution in [2.75, 3.05) is 36.0 Å². The normalized spacial score (nSPS) is 23.9. The lowest BCUT2D eigenvalue weighted by Crippen LogP contribution is -2.47. The summed E-state index contributed by atoms with van der Waals surface area (Å²) < 4.78 is 21.8. The van der Waals surface area contributed by atoms with Crippen LogP contribution >= 0.6 is 11.6 Å². The highest BCUT2D eigenvalue weighted by Crippen LogP contribution is 2.45. The number of rotatable bonds is 5. The number of carboxylic acids is 1. The van der Waals surface area contributed by atoms with Crippen molar-refractivity contribution in [1.29, 1.82) is 0 Å². The molecule has 0 radical (unpaired) electrons. The average Bonchev–Trinajstić information content (AvgIpc) is 3.65. The van der Waals surface area contributed by atoms with Crippen molar-refractivity contribution in [2.45, 2.75) is 25.7 Å². The Balaban J connectivity index is 1.33. The molecule has 2 N–H and O–H groups in total. The summed E-state index contributed by atoms with van der Waals surface area (Å²) in [5, 5.41) is 10.2. The van der Waals surface area contributed by atoms with Crippen molar-refractivity contribution in [3.63, 3.8) is 0 Å². The van der Waals surface area contributed by atoms with Crippen molar-refractivity contribution in [3.8, 4) is 11.4 Å². The number of aliphatic imine (C=N–C) groups is 1. The Bertz CT molecular complexity index is 1610. The number of hydrogen-bond acceptors (Lipinski definition) is 9. The summed E-state index contributed by atoms with van der Waals surface area (Å²) in [5.41, 5.74) is 1.95. The minimum atomic E-state index is -0.918. The first-order valence-electron chi connectivity index (χ1n) is 13.4. The van der Waals surface area contributed by atoms with Crippen LogP contribution in [0.2, 0.25) is 5.15 Å². The molecule has 4 aliphatic rings. The summed E-state index contributed by atoms with van der Waals surface area (Å²) in [6.45, 7) is 2.20. The number of carboxylic acid groups (broad SMARTS) is 1. The van der Waals surface area contributed by atoms with Crippen LogP contribution in [0.25, 0.3) is 22.6 Å². The number of fused-ring (bicyclic) bond motifs is 4. The number of H-pyrrole nitrogens is 1. The van der Waals surface area contributed by atoms with E-state index >= 15 is 4.39 Å². The van der Waals surface area contributed by atoms with Gasteiger partial charge in [-0.05, 0) is 43.6 Å². The number of nitrogens with zero attached hydrogens (tertiary/aromatic N) is 7. The van der Waals surface area contributed by atoms with Crippen LogP contribution in [-0.2, 0) is 4.79 Å². The fourth-order valence-electron chi connectivity index (χ4n) is 6.31. The van der Waals surface area contributed by atoms with E-state index in [0.717, 1.165) is 31.6 Å². The van der Waals surface area contributed by atoms with Gasteiger partial charge in [0, 0.05) is 44.2 Å². The zero-order valence-electron chi connectivity index (χ0n) is 21.4. The molecule has 0 amide bonds. The third-order valence-electron chi connectivity index (χ3n) is 8.29. The number of anilines is 2. The summed E-state index contributed by atoms with van der Waals surface area (Å²) in [6, 6.07) is 3.73. The first-order valence-corrected chi connectivity index (χ1v) is 13.8. The maximum atomic E-state index is 16.2. The number of carbonyl (C=O) groups is 1. The molecule has 1 atom stereocenters. The van der Waals surface area contributed by atoms with Crippen LogP contribution in [0.3, 0.4) is 0 Å². The molecule has 8 rings (SSSR count). The molecule has 40 heavy (non-hydrogen) atoms. The summed E-state index contributed by atoms with van der Waals surface area (Å²) in [5.74, 6) is -1.39. The van der Waals surface area contributed by atoms with Gasteiger partial charge < -0.3 is 24.3 Å². The predicted molar refractivity (Wildman–Crippen MR) is 147 cm³/mol. The summed E-state index contributed by atoms with van der Waals surface area (Å²) in [7, 11) is 0. The highest BCUT2D eigenvalue weighted by atomic mass is 35.5. The summed E-state index contributed by atoms with van der Waals surface area (Å²) in [6.07, 6.45) is 8.11. The third kappa shape index (κ3) is 4.26. The van der Waals surface area contributed by atoms with Gasteiger partial charge in [0.25, 0.3) is 0 Å². The van der Waals surface area contributed by atoms with Crippen LogP contribution in [0, 0.1) is 23.6 Å². The first-order chi connectivity index (χ1) is 19.5. The molecule has 0 spiro atoms. The first kappa shape index (κ1) is 24.9. The molecule has 206 valence electrons. The SMILES string of the molecule is O=C(O)[C@@H]1C(=Nc2nc(-c3c[nH]c4ncc(Cl)nc34)nc(N3CCN(c4ccco4)CC3)c2F)C2CCC1CC2. The number of halogens is 2. The molecule has 13 heteroatoms. The Morgan fingerprint density at radius 1 is 1.12 bits per heavy atom. The predicted octanol–water partition coefficient (Wildman–Crippen LogP) is 4.72. The summed E-state index contributed by atoms with van der Waals surface area (Å²) in [4.78, 5) is 41.7. The second-order valence-electron chi connectivity index (χ2n) is 10.5. The lowest BCUT2D eigenvalue weighted by molar-refractivity contribution is -0.142. The lowest BCUT2D eigenvalue weighted by atomic mass is 9.63. The Morgan fingerprint density at radius 2 is 1.90 bits per heavy atom. The van der Waals surface area contributed by atoms with Gasteiger partial charge in [-0.25, -0.2) is 24.9 Å². The van der Waals surface area contributed by atoms with E-state index in [9.17, 15) is 9.90 Å². The van der Waals surface area contributed by atoms with Gasteiger partial charge in [0.05, 0.1) is 23.9 Å².